The zero-order valence-corrected chi connectivity index (χ0v) is 12.3. The van der Waals surface area contributed by atoms with Crippen LogP contribution in [0, 0.1) is 12.8 Å². The van der Waals surface area contributed by atoms with Crippen molar-refractivity contribution in [1.82, 2.24) is 4.98 Å². The Kier molecular flexibility index (Phi) is 3.57. The molecule has 0 amide bonds. The van der Waals surface area contributed by atoms with Gasteiger partial charge in [-0.3, -0.25) is 0 Å². The Morgan fingerprint density at radius 3 is 3.17 bits per heavy atom. The Morgan fingerprint density at radius 2 is 2.33 bits per heavy atom. The predicted octanol–water partition coefficient (Wildman–Crippen LogP) is 3.16. The van der Waals surface area contributed by atoms with E-state index in [2.05, 4.69) is 38.8 Å². The highest BCUT2D eigenvalue weighted by molar-refractivity contribution is 9.10. The van der Waals surface area contributed by atoms with Crippen LogP contribution >= 0.6 is 15.9 Å². The van der Waals surface area contributed by atoms with E-state index >= 15 is 0 Å². The van der Waals surface area contributed by atoms with Crippen LogP contribution in [-0.4, -0.2) is 30.8 Å². The fraction of sp³-hybridized carbons (Fsp3) is 0.643. The molecule has 2 aliphatic rings. The maximum atomic E-state index is 5.86. The average molecular weight is 311 g/mol. The van der Waals surface area contributed by atoms with Crippen LogP contribution in [0.15, 0.2) is 16.7 Å². The minimum absolute atomic E-state index is 0.485. The number of hydrogen-bond donors (Lipinski definition) is 0. The standard InChI is InChI=1S/C14H19BrN2O/c1-10-7-12(15)14(16-8-10)17-5-4-13-11(9-17)3-2-6-18-13/h7-8,11,13H,2-6,9H2,1H3/t11-,13-/m1/s1. The molecule has 4 heteroatoms. The van der Waals surface area contributed by atoms with Crippen molar-refractivity contribution in [2.75, 3.05) is 24.6 Å². The molecule has 0 unspecified atom stereocenters. The van der Waals surface area contributed by atoms with Crippen LogP contribution < -0.4 is 4.90 Å². The van der Waals surface area contributed by atoms with E-state index < -0.39 is 0 Å². The van der Waals surface area contributed by atoms with E-state index in [4.69, 9.17) is 4.74 Å². The van der Waals surface area contributed by atoms with E-state index in [1.165, 1.54) is 18.4 Å². The molecule has 0 aromatic carbocycles. The molecular formula is C14H19BrN2O. The van der Waals surface area contributed by atoms with Crippen LogP contribution in [0.3, 0.4) is 0 Å². The summed E-state index contributed by atoms with van der Waals surface area (Å²) in [6.07, 6.45) is 6.07. The molecule has 0 saturated carbocycles. The molecule has 98 valence electrons. The van der Waals surface area contributed by atoms with Gasteiger partial charge in [-0.2, -0.15) is 0 Å². The number of aromatic nitrogens is 1. The van der Waals surface area contributed by atoms with Crippen LogP contribution in [0.2, 0.25) is 0 Å². The molecule has 0 spiro atoms. The molecule has 2 fully saturated rings. The highest BCUT2D eigenvalue weighted by Crippen LogP contribution is 2.33. The third-order valence-electron chi connectivity index (χ3n) is 3.97. The molecule has 0 radical (unpaired) electrons. The lowest BCUT2D eigenvalue weighted by atomic mass is 9.88. The smallest absolute Gasteiger partial charge is 0.142 e. The Hall–Kier alpha value is -0.610. The normalized spacial score (nSPS) is 28.0. The summed E-state index contributed by atoms with van der Waals surface area (Å²) in [4.78, 5) is 6.98. The SMILES string of the molecule is Cc1cnc(N2CC[C@H]3OCCC[C@@H]3C2)c(Br)c1. The van der Waals surface area contributed by atoms with Crippen molar-refractivity contribution < 1.29 is 4.74 Å². The van der Waals surface area contributed by atoms with Gasteiger partial charge in [-0.15, -0.1) is 0 Å². The summed E-state index contributed by atoms with van der Waals surface area (Å²) >= 11 is 3.64. The number of aryl methyl sites for hydroxylation is 1. The molecule has 2 atom stereocenters. The van der Waals surface area contributed by atoms with Crippen LogP contribution in [-0.2, 0) is 4.74 Å². The molecule has 1 aromatic heterocycles. The number of halogens is 1. The molecule has 1 aromatic rings. The van der Waals surface area contributed by atoms with E-state index in [9.17, 15) is 0 Å². The summed E-state index contributed by atoms with van der Waals surface area (Å²) in [6, 6.07) is 2.14. The van der Waals surface area contributed by atoms with Gasteiger partial charge in [-0.05, 0) is 53.7 Å². The van der Waals surface area contributed by atoms with Gasteiger partial charge in [-0.25, -0.2) is 4.98 Å². The first-order chi connectivity index (χ1) is 8.74. The first-order valence-electron chi connectivity index (χ1n) is 6.73. The third-order valence-corrected chi connectivity index (χ3v) is 4.56. The van der Waals surface area contributed by atoms with Crippen LogP contribution in [0.1, 0.15) is 24.8 Å². The summed E-state index contributed by atoms with van der Waals surface area (Å²) < 4.78 is 6.97. The van der Waals surface area contributed by atoms with Crippen LogP contribution in [0.4, 0.5) is 5.82 Å². The molecule has 3 heterocycles. The quantitative estimate of drug-likeness (QED) is 0.796. The molecule has 3 nitrogen and oxygen atoms in total. The lowest BCUT2D eigenvalue weighted by Crippen LogP contribution is -2.46. The van der Waals surface area contributed by atoms with Gasteiger partial charge in [0.1, 0.15) is 5.82 Å². The molecule has 18 heavy (non-hydrogen) atoms. The van der Waals surface area contributed by atoms with Gasteiger partial charge in [0.05, 0.1) is 10.6 Å². The number of anilines is 1. The zero-order valence-electron chi connectivity index (χ0n) is 10.7. The maximum absolute atomic E-state index is 5.86. The number of pyridine rings is 1. The van der Waals surface area contributed by atoms with Crippen molar-refractivity contribution in [3.8, 4) is 0 Å². The van der Waals surface area contributed by atoms with Crippen molar-refractivity contribution in [3.63, 3.8) is 0 Å². The van der Waals surface area contributed by atoms with Crippen molar-refractivity contribution in [1.29, 1.82) is 0 Å². The second-order valence-corrected chi connectivity index (χ2v) is 6.22. The van der Waals surface area contributed by atoms with E-state index in [0.717, 1.165) is 36.4 Å². The lowest BCUT2D eigenvalue weighted by Gasteiger charge is -2.41. The summed E-state index contributed by atoms with van der Waals surface area (Å²) in [6.45, 7) is 5.16. The molecule has 0 N–H and O–H groups in total. The lowest BCUT2D eigenvalue weighted by molar-refractivity contribution is -0.0358. The number of nitrogens with zero attached hydrogens (tertiary/aromatic N) is 2. The Balaban J connectivity index is 1.77. The van der Waals surface area contributed by atoms with Crippen molar-refractivity contribution in [2.24, 2.45) is 5.92 Å². The molecule has 2 saturated heterocycles. The maximum Gasteiger partial charge on any atom is 0.142 e. The van der Waals surface area contributed by atoms with Crippen molar-refractivity contribution >= 4 is 21.7 Å². The number of ether oxygens (including phenoxy) is 1. The van der Waals surface area contributed by atoms with Crippen molar-refractivity contribution in [2.45, 2.75) is 32.3 Å². The van der Waals surface area contributed by atoms with Crippen molar-refractivity contribution in [3.05, 3.63) is 22.3 Å². The van der Waals surface area contributed by atoms with Gasteiger partial charge in [0, 0.05) is 31.8 Å². The fourth-order valence-electron chi connectivity index (χ4n) is 3.04. The Bertz CT molecular complexity index is 438. The minimum atomic E-state index is 0.485. The van der Waals surface area contributed by atoms with Gasteiger partial charge in [0.2, 0.25) is 0 Å². The Morgan fingerprint density at radius 1 is 1.44 bits per heavy atom. The monoisotopic (exact) mass is 310 g/mol. The number of piperidine rings is 1. The van der Waals surface area contributed by atoms with Gasteiger partial charge in [0.25, 0.3) is 0 Å². The fourth-order valence-corrected chi connectivity index (χ4v) is 3.75. The number of rotatable bonds is 1. The average Bonchev–Trinajstić information content (AvgIpc) is 2.38. The van der Waals surface area contributed by atoms with E-state index in [-0.39, 0.29) is 0 Å². The molecule has 0 bridgehead atoms. The summed E-state index contributed by atoms with van der Waals surface area (Å²) in [5.74, 6) is 1.77. The first-order valence-corrected chi connectivity index (χ1v) is 7.52. The third kappa shape index (κ3) is 2.41. The second-order valence-electron chi connectivity index (χ2n) is 5.36. The van der Waals surface area contributed by atoms with Crippen LogP contribution in [0.5, 0.6) is 0 Å². The van der Waals surface area contributed by atoms with E-state index in [0.29, 0.717) is 12.0 Å². The topological polar surface area (TPSA) is 25.4 Å². The number of fused-ring (bicyclic) bond motifs is 1. The molecule has 2 aliphatic heterocycles. The zero-order chi connectivity index (χ0) is 12.5. The Labute approximate surface area is 117 Å². The first kappa shape index (κ1) is 12.4. The summed E-state index contributed by atoms with van der Waals surface area (Å²) in [7, 11) is 0. The van der Waals surface area contributed by atoms with Crippen LogP contribution in [0.25, 0.3) is 0 Å². The van der Waals surface area contributed by atoms with Gasteiger partial charge >= 0.3 is 0 Å². The number of hydrogen-bond acceptors (Lipinski definition) is 3. The largest absolute Gasteiger partial charge is 0.378 e. The summed E-state index contributed by atoms with van der Waals surface area (Å²) in [5, 5.41) is 0. The summed E-state index contributed by atoms with van der Waals surface area (Å²) in [5.41, 5.74) is 1.20. The van der Waals surface area contributed by atoms with E-state index in [1.54, 1.807) is 0 Å². The molecule has 0 aliphatic carbocycles. The second kappa shape index (κ2) is 5.17. The highest BCUT2D eigenvalue weighted by Gasteiger charge is 2.32. The minimum Gasteiger partial charge on any atom is -0.378 e. The molecule has 3 rings (SSSR count). The van der Waals surface area contributed by atoms with E-state index in [1.807, 2.05) is 6.20 Å². The highest BCUT2D eigenvalue weighted by atomic mass is 79.9. The predicted molar refractivity (Wildman–Crippen MR) is 76.0 cm³/mol. The van der Waals surface area contributed by atoms with Gasteiger partial charge in [0.15, 0.2) is 0 Å². The van der Waals surface area contributed by atoms with Gasteiger partial charge in [-0.1, -0.05) is 0 Å². The van der Waals surface area contributed by atoms with Gasteiger partial charge < -0.3 is 9.64 Å². The molecular weight excluding hydrogens is 292 g/mol.